The Morgan fingerprint density at radius 3 is 2.25 bits per heavy atom. The van der Waals surface area contributed by atoms with Crippen LogP contribution in [0.25, 0.3) is 0 Å². The highest BCUT2D eigenvalue weighted by Crippen LogP contribution is 2.15. The summed E-state index contributed by atoms with van der Waals surface area (Å²) in [5, 5.41) is 2.76. The zero-order chi connectivity index (χ0) is 15.3. The topological polar surface area (TPSA) is 55.1 Å². The van der Waals surface area contributed by atoms with Crippen molar-refractivity contribution in [3.63, 3.8) is 0 Å². The van der Waals surface area contributed by atoms with Gasteiger partial charge in [-0.3, -0.25) is 4.79 Å². The molecule has 1 rings (SSSR count). The lowest BCUT2D eigenvalue weighted by Gasteiger charge is -2.22. The highest BCUT2D eigenvalue weighted by molar-refractivity contribution is 5.79. The Kier molecular flexibility index (Phi) is 6.07. The first-order valence-electron chi connectivity index (χ1n) is 6.80. The minimum Gasteiger partial charge on any atom is -0.353 e. The maximum atomic E-state index is 13.5. The van der Waals surface area contributed by atoms with Gasteiger partial charge in [-0.15, -0.1) is 0 Å². The van der Waals surface area contributed by atoms with Crippen LogP contribution < -0.4 is 11.1 Å². The number of nitrogens with two attached hydrogens (primary N) is 1. The van der Waals surface area contributed by atoms with Crippen LogP contribution in [0.5, 0.6) is 0 Å². The molecule has 1 aromatic rings. The van der Waals surface area contributed by atoms with E-state index >= 15 is 0 Å². The van der Waals surface area contributed by atoms with Crippen LogP contribution in [0.4, 0.5) is 8.78 Å². The molecule has 0 fully saturated rings. The van der Waals surface area contributed by atoms with Crippen molar-refractivity contribution in [2.24, 2.45) is 17.6 Å². The number of benzene rings is 1. The summed E-state index contributed by atoms with van der Waals surface area (Å²) < 4.78 is 27.1. The van der Waals surface area contributed by atoms with Crippen LogP contribution in [0.2, 0.25) is 0 Å². The van der Waals surface area contributed by atoms with Crippen molar-refractivity contribution in [3.05, 3.63) is 35.4 Å². The van der Waals surface area contributed by atoms with Crippen molar-refractivity contribution in [1.29, 1.82) is 0 Å². The molecule has 3 N–H and O–H groups in total. The van der Waals surface area contributed by atoms with E-state index in [9.17, 15) is 13.6 Å². The molecule has 5 heteroatoms. The smallest absolute Gasteiger partial charge is 0.224 e. The second kappa shape index (κ2) is 7.33. The predicted octanol–water partition coefficient (Wildman–Crippen LogP) is 2.24. The minimum absolute atomic E-state index is 0.00542. The second-order valence-electron chi connectivity index (χ2n) is 5.40. The van der Waals surface area contributed by atoms with Crippen molar-refractivity contribution in [1.82, 2.24) is 5.32 Å². The van der Waals surface area contributed by atoms with Crippen LogP contribution in [0.1, 0.15) is 26.3 Å². The van der Waals surface area contributed by atoms with Crippen molar-refractivity contribution in [2.75, 3.05) is 6.54 Å². The minimum atomic E-state index is -0.592. The van der Waals surface area contributed by atoms with Crippen molar-refractivity contribution >= 4 is 5.91 Å². The Balaban J connectivity index is 2.68. The molecule has 2 atom stereocenters. The molecule has 1 amide bonds. The van der Waals surface area contributed by atoms with E-state index in [0.29, 0.717) is 0 Å². The number of hydrogen-bond acceptors (Lipinski definition) is 2. The van der Waals surface area contributed by atoms with Crippen LogP contribution >= 0.6 is 0 Å². The van der Waals surface area contributed by atoms with Gasteiger partial charge in [0.25, 0.3) is 0 Å². The van der Waals surface area contributed by atoms with Gasteiger partial charge in [0.05, 0.1) is 5.92 Å². The lowest BCUT2D eigenvalue weighted by atomic mass is 9.94. The second-order valence-corrected chi connectivity index (χ2v) is 5.40. The van der Waals surface area contributed by atoms with E-state index in [1.807, 2.05) is 13.8 Å². The Hall–Kier alpha value is -1.49. The van der Waals surface area contributed by atoms with E-state index in [1.165, 1.54) is 18.2 Å². The quantitative estimate of drug-likeness (QED) is 0.841. The van der Waals surface area contributed by atoms with Gasteiger partial charge in [0.1, 0.15) is 11.6 Å². The third-order valence-corrected chi connectivity index (χ3v) is 3.36. The number of rotatable bonds is 6. The fraction of sp³-hybridized carbons (Fsp3) is 0.533. The molecule has 20 heavy (non-hydrogen) atoms. The van der Waals surface area contributed by atoms with E-state index in [1.54, 1.807) is 6.92 Å². The third-order valence-electron chi connectivity index (χ3n) is 3.36. The number of hydrogen-bond donors (Lipinski definition) is 2. The Labute approximate surface area is 118 Å². The molecule has 0 saturated carbocycles. The first kappa shape index (κ1) is 16.6. The zero-order valence-corrected chi connectivity index (χ0v) is 12.1. The van der Waals surface area contributed by atoms with Gasteiger partial charge >= 0.3 is 0 Å². The Morgan fingerprint density at radius 1 is 1.25 bits per heavy atom. The van der Waals surface area contributed by atoms with E-state index in [0.717, 1.165) is 0 Å². The van der Waals surface area contributed by atoms with Gasteiger partial charge in [-0.05, 0) is 31.4 Å². The molecule has 0 heterocycles. The molecule has 0 aliphatic heterocycles. The van der Waals surface area contributed by atoms with Crippen molar-refractivity contribution in [3.8, 4) is 0 Å². The van der Waals surface area contributed by atoms with Gasteiger partial charge in [-0.25, -0.2) is 8.78 Å². The van der Waals surface area contributed by atoms with E-state index in [2.05, 4.69) is 5.32 Å². The molecule has 0 spiro atoms. The van der Waals surface area contributed by atoms with Gasteiger partial charge < -0.3 is 11.1 Å². The summed E-state index contributed by atoms with van der Waals surface area (Å²) in [6.07, 6.45) is 0.111. The fourth-order valence-corrected chi connectivity index (χ4v) is 2.12. The number of amides is 1. The monoisotopic (exact) mass is 284 g/mol. The summed E-state index contributed by atoms with van der Waals surface area (Å²) in [5.41, 5.74) is 5.56. The van der Waals surface area contributed by atoms with E-state index < -0.39 is 11.6 Å². The highest BCUT2D eigenvalue weighted by atomic mass is 19.1. The number of halogens is 2. The molecular weight excluding hydrogens is 262 g/mol. The summed E-state index contributed by atoms with van der Waals surface area (Å²) in [5.74, 6) is -1.53. The van der Waals surface area contributed by atoms with E-state index in [4.69, 9.17) is 5.73 Å². The van der Waals surface area contributed by atoms with Crippen LogP contribution in [0.15, 0.2) is 18.2 Å². The van der Waals surface area contributed by atoms with E-state index in [-0.39, 0.29) is 42.3 Å². The summed E-state index contributed by atoms with van der Waals surface area (Å²) in [4.78, 5) is 12.0. The molecule has 0 aromatic heterocycles. The summed E-state index contributed by atoms with van der Waals surface area (Å²) >= 11 is 0. The average Bonchev–Trinajstić information content (AvgIpc) is 2.34. The van der Waals surface area contributed by atoms with Crippen LogP contribution in [0.3, 0.4) is 0 Å². The lowest BCUT2D eigenvalue weighted by Crippen LogP contribution is -2.43. The van der Waals surface area contributed by atoms with Crippen LogP contribution in [0, 0.1) is 23.5 Å². The largest absolute Gasteiger partial charge is 0.353 e. The van der Waals surface area contributed by atoms with Gasteiger partial charge in [0.15, 0.2) is 0 Å². The highest BCUT2D eigenvalue weighted by Gasteiger charge is 2.22. The van der Waals surface area contributed by atoms with Crippen molar-refractivity contribution in [2.45, 2.75) is 33.2 Å². The van der Waals surface area contributed by atoms with Crippen LogP contribution in [-0.4, -0.2) is 18.5 Å². The van der Waals surface area contributed by atoms with Gasteiger partial charge in [-0.2, -0.15) is 0 Å². The van der Waals surface area contributed by atoms with Crippen LogP contribution in [-0.2, 0) is 11.2 Å². The summed E-state index contributed by atoms with van der Waals surface area (Å²) in [7, 11) is 0. The van der Waals surface area contributed by atoms with Crippen molar-refractivity contribution < 1.29 is 13.6 Å². The standard InChI is InChI=1S/C15H22F2N2O/c1-9(2)12(8-18)15(20)19-10(3)7-11-13(16)5-4-6-14(11)17/h4-6,9-10,12H,7-8,18H2,1-3H3,(H,19,20). The first-order valence-corrected chi connectivity index (χ1v) is 6.80. The molecule has 0 saturated heterocycles. The molecule has 112 valence electrons. The van der Waals surface area contributed by atoms with Gasteiger partial charge in [-0.1, -0.05) is 19.9 Å². The molecule has 0 aliphatic carbocycles. The Bertz CT molecular complexity index is 443. The normalized spacial score (nSPS) is 14.2. The molecule has 3 nitrogen and oxygen atoms in total. The zero-order valence-electron chi connectivity index (χ0n) is 12.1. The molecule has 0 aliphatic rings. The predicted molar refractivity (Wildman–Crippen MR) is 75.0 cm³/mol. The Morgan fingerprint density at radius 2 is 1.80 bits per heavy atom. The molecular formula is C15H22F2N2O. The summed E-state index contributed by atoms with van der Waals surface area (Å²) in [6.45, 7) is 5.80. The SMILES string of the molecule is CC(Cc1c(F)cccc1F)NC(=O)C(CN)C(C)C. The fourth-order valence-electron chi connectivity index (χ4n) is 2.12. The lowest BCUT2D eigenvalue weighted by molar-refractivity contribution is -0.126. The molecule has 1 aromatic carbocycles. The molecule has 0 bridgehead atoms. The molecule has 2 unspecified atom stereocenters. The number of carbonyl (C=O) groups is 1. The van der Waals surface area contributed by atoms with Gasteiger partial charge in [0, 0.05) is 18.2 Å². The van der Waals surface area contributed by atoms with Gasteiger partial charge in [0.2, 0.25) is 5.91 Å². The maximum Gasteiger partial charge on any atom is 0.224 e. The number of carbonyl (C=O) groups excluding carboxylic acids is 1. The number of nitrogens with one attached hydrogen (secondary N) is 1. The maximum absolute atomic E-state index is 13.5. The average molecular weight is 284 g/mol. The first-order chi connectivity index (χ1) is 9.36. The molecule has 0 radical (unpaired) electrons. The third kappa shape index (κ3) is 4.27. The summed E-state index contributed by atoms with van der Waals surface area (Å²) in [6, 6.07) is 3.38.